The van der Waals surface area contributed by atoms with Crippen molar-refractivity contribution >= 4 is 11.9 Å². The molecule has 4 atom stereocenters. The van der Waals surface area contributed by atoms with Crippen LogP contribution in [0.1, 0.15) is 39.1 Å². The topological polar surface area (TPSA) is 96.3 Å². The number of aryl methyl sites for hydroxylation is 1. The Bertz CT molecular complexity index is 990. The van der Waals surface area contributed by atoms with Crippen LogP contribution < -0.4 is 4.74 Å². The van der Waals surface area contributed by atoms with Crippen LogP contribution in [0.15, 0.2) is 42.5 Å². The molecule has 7 heteroatoms. The van der Waals surface area contributed by atoms with Crippen LogP contribution in [0.4, 0.5) is 0 Å². The standard InChI is InChI=1S/C24H27NO6/c1-14-6-7-18(26)11-20(14)23(28)25-12-16-9-21(27)22(10-17(16)13-25)31-19-5-3-4-15(8-19)24(29)30-2/h3-8,11,16-17,21-22,26-27H,9-10,12-13H2,1-2H3/t16-,17+,21+,22+/m0/s1. The van der Waals surface area contributed by atoms with Crippen molar-refractivity contribution in [1.82, 2.24) is 4.90 Å². The van der Waals surface area contributed by atoms with Crippen molar-refractivity contribution < 1.29 is 29.3 Å². The van der Waals surface area contributed by atoms with Crippen LogP contribution in [0.25, 0.3) is 0 Å². The quantitative estimate of drug-likeness (QED) is 0.732. The van der Waals surface area contributed by atoms with Gasteiger partial charge in [0.1, 0.15) is 17.6 Å². The Morgan fingerprint density at radius 3 is 2.55 bits per heavy atom. The van der Waals surface area contributed by atoms with Gasteiger partial charge in [-0.15, -0.1) is 0 Å². The number of aromatic hydroxyl groups is 1. The number of esters is 1. The Morgan fingerprint density at radius 2 is 1.81 bits per heavy atom. The summed E-state index contributed by atoms with van der Waals surface area (Å²) in [6.07, 6.45) is 0.110. The van der Waals surface area contributed by atoms with Crippen LogP contribution in [0.3, 0.4) is 0 Å². The van der Waals surface area contributed by atoms with E-state index in [9.17, 15) is 19.8 Å². The number of likely N-dealkylation sites (tertiary alicyclic amines) is 1. The molecule has 7 nitrogen and oxygen atoms in total. The molecule has 2 aromatic carbocycles. The number of amides is 1. The number of aliphatic hydroxyl groups excluding tert-OH is 1. The summed E-state index contributed by atoms with van der Waals surface area (Å²) in [6, 6.07) is 11.5. The van der Waals surface area contributed by atoms with E-state index in [1.165, 1.54) is 13.2 Å². The van der Waals surface area contributed by atoms with Crippen LogP contribution in [0.2, 0.25) is 0 Å². The molecule has 2 aliphatic rings. The Labute approximate surface area is 181 Å². The van der Waals surface area contributed by atoms with Crippen molar-refractivity contribution in [2.45, 2.75) is 32.0 Å². The third-order valence-electron chi connectivity index (χ3n) is 6.37. The maximum absolute atomic E-state index is 13.0. The highest BCUT2D eigenvalue weighted by Crippen LogP contribution is 2.39. The van der Waals surface area contributed by atoms with E-state index in [-0.39, 0.29) is 23.5 Å². The molecular weight excluding hydrogens is 398 g/mol. The second-order valence-corrected chi connectivity index (χ2v) is 8.44. The van der Waals surface area contributed by atoms with E-state index in [1.807, 2.05) is 11.8 Å². The van der Waals surface area contributed by atoms with Crippen molar-refractivity contribution in [1.29, 1.82) is 0 Å². The molecule has 0 radical (unpaired) electrons. The Kier molecular flexibility index (Phi) is 5.87. The predicted octanol–water partition coefficient (Wildman–Crippen LogP) is 2.78. The molecule has 2 aromatic rings. The van der Waals surface area contributed by atoms with Gasteiger partial charge in [0.25, 0.3) is 5.91 Å². The summed E-state index contributed by atoms with van der Waals surface area (Å²) >= 11 is 0. The number of hydrogen-bond donors (Lipinski definition) is 2. The van der Waals surface area contributed by atoms with Gasteiger partial charge in [0.2, 0.25) is 0 Å². The molecule has 1 saturated carbocycles. The molecule has 4 rings (SSSR count). The highest BCUT2D eigenvalue weighted by atomic mass is 16.5. The Hall–Kier alpha value is -3.06. The minimum atomic E-state index is -0.652. The van der Waals surface area contributed by atoms with Crippen LogP contribution >= 0.6 is 0 Å². The maximum Gasteiger partial charge on any atom is 0.337 e. The van der Waals surface area contributed by atoms with E-state index in [1.54, 1.807) is 36.4 Å². The summed E-state index contributed by atoms with van der Waals surface area (Å²) in [7, 11) is 1.33. The molecule has 2 fully saturated rings. The first-order valence-electron chi connectivity index (χ1n) is 10.5. The molecule has 0 aromatic heterocycles. The lowest BCUT2D eigenvalue weighted by Gasteiger charge is -2.35. The minimum Gasteiger partial charge on any atom is -0.508 e. The summed E-state index contributed by atoms with van der Waals surface area (Å²) in [4.78, 5) is 26.6. The molecule has 0 bridgehead atoms. The van der Waals surface area contributed by atoms with E-state index < -0.39 is 18.2 Å². The summed E-state index contributed by atoms with van der Waals surface area (Å²) in [6.45, 7) is 3.03. The van der Waals surface area contributed by atoms with Crippen LogP contribution in [-0.4, -0.2) is 59.4 Å². The fraction of sp³-hybridized carbons (Fsp3) is 0.417. The van der Waals surface area contributed by atoms with Crippen molar-refractivity contribution in [3.8, 4) is 11.5 Å². The van der Waals surface area contributed by atoms with Gasteiger partial charge >= 0.3 is 5.97 Å². The SMILES string of the molecule is COC(=O)c1cccc(O[C@@H]2C[C@@H]3CN(C(=O)c4cc(O)ccc4C)C[C@@H]3C[C@H]2O)c1. The van der Waals surface area contributed by atoms with Gasteiger partial charge in [-0.3, -0.25) is 4.79 Å². The van der Waals surface area contributed by atoms with E-state index in [0.29, 0.717) is 42.8 Å². The number of fused-ring (bicyclic) bond motifs is 1. The van der Waals surface area contributed by atoms with Gasteiger partial charge in [-0.2, -0.15) is 0 Å². The molecule has 0 unspecified atom stereocenters. The molecule has 164 valence electrons. The van der Waals surface area contributed by atoms with Gasteiger partial charge in [0.15, 0.2) is 0 Å². The van der Waals surface area contributed by atoms with E-state index in [0.717, 1.165) is 5.56 Å². The molecule has 1 aliphatic heterocycles. The largest absolute Gasteiger partial charge is 0.508 e. The molecule has 2 N–H and O–H groups in total. The number of hydrogen-bond acceptors (Lipinski definition) is 6. The number of rotatable bonds is 4. The normalized spacial score (nSPS) is 25.1. The zero-order valence-corrected chi connectivity index (χ0v) is 17.7. The number of carbonyl (C=O) groups excluding carboxylic acids is 2. The second kappa shape index (κ2) is 8.59. The lowest BCUT2D eigenvalue weighted by atomic mass is 9.78. The van der Waals surface area contributed by atoms with Crippen molar-refractivity contribution in [2.24, 2.45) is 11.8 Å². The van der Waals surface area contributed by atoms with E-state index >= 15 is 0 Å². The zero-order chi connectivity index (χ0) is 22.1. The number of phenolic OH excluding ortho intramolecular Hbond substituents is 1. The lowest BCUT2D eigenvalue weighted by Crippen LogP contribution is -2.42. The predicted molar refractivity (Wildman–Crippen MR) is 113 cm³/mol. The third-order valence-corrected chi connectivity index (χ3v) is 6.37. The number of methoxy groups -OCH3 is 1. The first kappa shape index (κ1) is 21.2. The average molecular weight is 425 g/mol. The van der Waals surface area contributed by atoms with Crippen molar-refractivity contribution in [3.63, 3.8) is 0 Å². The Balaban J connectivity index is 1.44. The maximum atomic E-state index is 13.0. The van der Waals surface area contributed by atoms with Crippen LogP contribution in [0, 0.1) is 18.8 Å². The molecule has 1 heterocycles. The van der Waals surface area contributed by atoms with Crippen molar-refractivity contribution in [2.75, 3.05) is 20.2 Å². The Morgan fingerprint density at radius 1 is 1.06 bits per heavy atom. The first-order valence-corrected chi connectivity index (χ1v) is 10.5. The molecule has 31 heavy (non-hydrogen) atoms. The van der Waals surface area contributed by atoms with Crippen LogP contribution in [0.5, 0.6) is 11.5 Å². The number of ether oxygens (including phenoxy) is 2. The molecule has 1 saturated heterocycles. The van der Waals surface area contributed by atoms with Gasteiger partial charge in [0.05, 0.1) is 18.8 Å². The van der Waals surface area contributed by atoms with E-state index in [4.69, 9.17) is 9.47 Å². The number of aliphatic hydroxyl groups is 1. The minimum absolute atomic E-state index is 0.0728. The smallest absolute Gasteiger partial charge is 0.337 e. The zero-order valence-electron chi connectivity index (χ0n) is 17.7. The van der Waals surface area contributed by atoms with Gasteiger partial charge in [0, 0.05) is 18.7 Å². The monoisotopic (exact) mass is 425 g/mol. The fourth-order valence-corrected chi connectivity index (χ4v) is 4.68. The van der Waals surface area contributed by atoms with Gasteiger partial charge in [-0.05, 0) is 67.5 Å². The van der Waals surface area contributed by atoms with Gasteiger partial charge in [-0.1, -0.05) is 12.1 Å². The summed E-state index contributed by atoms with van der Waals surface area (Å²) < 4.78 is 10.8. The number of nitrogens with zero attached hydrogens (tertiary/aromatic N) is 1. The average Bonchev–Trinajstić information content (AvgIpc) is 3.17. The second-order valence-electron chi connectivity index (χ2n) is 8.44. The lowest BCUT2D eigenvalue weighted by molar-refractivity contribution is -0.0231. The molecule has 1 amide bonds. The van der Waals surface area contributed by atoms with Crippen LogP contribution in [-0.2, 0) is 4.74 Å². The number of carbonyl (C=O) groups is 2. The molecule has 0 spiro atoms. The van der Waals surface area contributed by atoms with E-state index in [2.05, 4.69) is 0 Å². The van der Waals surface area contributed by atoms with Gasteiger partial charge < -0.3 is 24.6 Å². The van der Waals surface area contributed by atoms with Gasteiger partial charge in [-0.25, -0.2) is 4.79 Å². The molecular formula is C24H27NO6. The third kappa shape index (κ3) is 4.37. The fourth-order valence-electron chi connectivity index (χ4n) is 4.68. The summed E-state index contributed by atoms with van der Waals surface area (Å²) in [5.41, 5.74) is 1.72. The highest BCUT2D eigenvalue weighted by molar-refractivity contribution is 5.96. The highest BCUT2D eigenvalue weighted by Gasteiger charge is 2.44. The van der Waals surface area contributed by atoms with Crippen molar-refractivity contribution in [3.05, 3.63) is 59.2 Å². The summed E-state index contributed by atoms with van der Waals surface area (Å²) in [5.74, 6) is 0.467. The number of benzene rings is 2. The number of phenols is 1. The first-order chi connectivity index (χ1) is 14.9. The summed E-state index contributed by atoms with van der Waals surface area (Å²) in [5, 5.41) is 20.4. The molecule has 1 aliphatic carbocycles.